The van der Waals surface area contributed by atoms with Crippen LogP contribution in [-0.4, -0.2) is 29.3 Å². The number of amides is 3. The monoisotopic (exact) mass is 361 g/mol. The molecule has 0 aliphatic rings. The highest BCUT2D eigenvalue weighted by Gasteiger charge is 2.45. The molecule has 0 atom stereocenters. The largest absolute Gasteiger partial charge is 1.00 e. The topological polar surface area (TPSA) is 51.2 Å². The standard InChI is InChI=1S/C19H36NO3.ClH/c1-5-8-11-14-17(21)20(4,18(22)15-12-9-6-2)19(23)16-13-10-7-3;/h5-16H2,1-4H3;1H/q+1;/p-1. The molecule has 0 N–H and O–H groups in total. The highest BCUT2D eigenvalue weighted by Crippen LogP contribution is 2.18. The molecule has 0 bridgehead atoms. The summed E-state index contributed by atoms with van der Waals surface area (Å²) in [5.41, 5.74) is 0. The van der Waals surface area contributed by atoms with Crippen molar-refractivity contribution in [3.63, 3.8) is 0 Å². The Hall–Kier alpha value is -0.740. The second-order valence-electron chi connectivity index (χ2n) is 6.56. The summed E-state index contributed by atoms with van der Waals surface area (Å²) in [6.45, 7) is 6.22. The maximum absolute atomic E-state index is 12.6. The van der Waals surface area contributed by atoms with E-state index in [-0.39, 0.29) is 30.1 Å². The van der Waals surface area contributed by atoms with Crippen molar-refractivity contribution in [1.29, 1.82) is 0 Å². The Bertz CT molecular complexity index is 328. The van der Waals surface area contributed by atoms with Crippen LogP contribution in [0.2, 0.25) is 0 Å². The first kappa shape index (κ1) is 25.5. The van der Waals surface area contributed by atoms with Crippen molar-refractivity contribution in [2.24, 2.45) is 0 Å². The van der Waals surface area contributed by atoms with E-state index in [2.05, 4.69) is 20.8 Å². The third kappa shape index (κ3) is 8.39. The fourth-order valence-corrected chi connectivity index (χ4v) is 2.67. The molecule has 0 rings (SSSR count). The van der Waals surface area contributed by atoms with Crippen molar-refractivity contribution < 1.29 is 31.3 Å². The molecule has 142 valence electrons. The van der Waals surface area contributed by atoms with Crippen LogP contribution < -0.4 is 12.4 Å². The molecule has 0 saturated carbocycles. The highest BCUT2D eigenvalue weighted by molar-refractivity contribution is 5.97. The van der Waals surface area contributed by atoms with Gasteiger partial charge in [-0.3, -0.25) is 0 Å². The van der Waals surface area contributed by atoms with E-state index < -0.39 is 4.48 Å². The number of hydrogen-bond acceptors (Lipinski definition) is 3. The number of hydrogen-bond donors (Lipinski definition) is 0. The van der Waals surface area contributed by atoms with Gasteiger partial charge >= 0.3 is 17.7 Å². The molecule has 0 fully saturated rings. The number of carbonyl (C=O) groups is 3. The summed E-state index contributed by atoms with van der Waals surface area (Å²) in [6.07, 6.45) is 9.17. The molecular formula is C19H36ClNO3. The maximum Gasteiger partial charge on any atom is 0.328 e. The van der Waals surface area contributed by atoms with Gasteiger partial charge in [0.1, 0.15) is 0 Å². The predicted octanol–water partition coefficient (Wildman–Crippen LogP) is 1.76. The second-order valence-corrected chi connectivity index (χ2v) is 6.56. The van der Waals surface area contributed by atoms with Crippen molar-refractivity contribution in [2.45, 2.75) is 97.8 Å². The Morgan fingerprint density at radius 3 is 1.04 bits per heavy atom. The number of nitrogens with zero attached hydrogens (tertiary/aromatic N) is 1. The Morgan fingerprint density at radius 2 is 0.833 bits per heavy atom. The number of halogens is 1. The zero-order valence-electron chi connectivity index (χ0n) is 16.0. The van der Waals surface area contributed by atoms with Crippen LogP contribution in [0.15, 0.2) is 0 Å². The lowest BCUT2D eigenvalue weighted by atomic mass is 10.1. The van der Waals surface area contributed by atoms with Crippen molar-refractivity contribution in [3.8, 4) is 0 Å². The van der Waals surface area contributed by atoms with Crippen LogP contribution >= 0.6 is 0 Å². The van der Waals surface area contributed by atoms with E-state index in [0.29, 0.717) is 19.3 Å². The molecule has 0 aliphatic carbocycles. The number of quaternary nitrogens is 1. The minimum Gasteiger partial charge on any atom is -1.00 e. The fraction of sp³-hybridized carbons (Fsp3) is 0.842. The predicted molar refractivity (Wildman–Crippen MR) is 93.6 cm³/mol. The van der Waals surface area contributed by atoms with Gasteiger partial charge in [-0.1, -0.05) is 59.3 Å². The van der Waals surface area contributed by atoms with Crippen LogP contribution in [0.5, 0.6) is 0 Å². The SMILES string of the molecule is CCCCCC(=O)[N+](C)(C(=O)CCCCC)C(=O)CCCCC.[Cl-]. The van der Waals surface area contributed by atoms with Crippen molar-refractivity contribution in [3.05, 3.63) is 0 Å². The maximum atomic E-state index is 12.6. The van der Waals surface area contributed by atoms with Crippen LogP contribution in [0.4, 0.5) is 0 Å². The average Bonchev–Trinajstić information content (AvgIpc) is 2.54. The second kappa shape index (κ2) is 14.6. The van der Waals surface area contributed by atoms with Crippen molar-refractivity contribution >= 4 is 17.7 Å². The van der Waals surface area contributed by atoms with E-state index in [0.717, 1.165) is 57.8 Å². The van der Waals surface area contributed by atoms with Crippen LogP contribution in [0.3, 0.4) is 0 Å². The highest BCUT2D eigenvalue weighted by atomic mass is 35.5. The molecule has 0 aromatic rings. The Labute approximate surface area is 154 Å². The summed E-state index contributed by atoms with van der Waals surface area (Å²) in [7, 11) is 1.52. The van der Waals surface area contributed by atoms with Gasteiger partial charge in [0.2, 0.25) is 0 Å². The Balaban J connectivity index is 0. The average molecular weight is 362 g/mol. The molecule has 24 heavy (non-hydrogen) atoms. The summed E-state index contributed by atoms with van der Waals surface area (Å²) < 4.78 is -0.614. The first-order chi connectivity index (χ1) is 10.9. The minimum atomic E-state index is -0.614. The van der Waals surface area contributed by atoms with Gasteiger partial charge in [-0.15, -0.1) is 4.48 Å². The lowest BCUT2D eigenvalue weighted by molar-refractivity contribution is -0.681. The molecular weight excluding hydrogens is 326 g/mol. The van der Waals surface area contributed by atoms with Crippen LogP contribution in [0, 0.1) is 0 Å². The Morgan fingerprint density at radius 1 is 0.583 bits per heavy atom. The summed E-state index contributed by atoms with van der Waals surface area (Å²) in [6, 6.07) is 0. The van der Waals surface area contributed by atoms with E-state index in [1.807, 2.05) is 0 Å². The Kier molecular flexibility index (Phi) is 15.5. The number of unbranched alkanes of at least 4 members (excludes halogenated alkanes) is 6. The number of rotatable bonds is 12. The molecule has 0 aromatic carbocycles. The first-order valence-corrected chi connectivity index (χ1v) is 9.41. The number of imide groups is 3. The van der Waals surface area contributed by atoms with Gasteiger partial charge in [0, 0.05) is 0 Å². The summed E-state index contributed by atoms with van der Waals surface area (Å²) in [5, 5.41) is 0. The van der Waals surface area contributed by atoms with Gasteiger partial charge in [-0.05, 0) is 19.3 Å². The van der Waals surface area contributed by atoms with Gasteiger partial charge in [0.05, 0.1) is 26.3 Å². The van der Waals surface area contributed by atoms with E-state index in [1.165, 1.54) is 7.05 Å². The van der Waals surface area contributed by atoms with Crippen molar-refractivity contribution in [1.82, 2.24) is 0 Å². The molecule has 4 nitrogen and oxygen atoms in total. The number of carbonyl (C=O) groups excluding carboxylic acids is 3. The van der Waals surface area contributed by atoms with Crippen LogP contribution in [-0.2, 0) is 14.4 Å². The zero-order chi connectivity index (χ0) is 17.7. The molecule has 0 aromatic heterocycles. The zero-order valence-corrected chi connectivity index (χ0v) is 16.8. The summed E-state index contributed by atoms with van der Waals surface area (Å²) in [5.74, 6) is -0.663. The molecule has 5 heteroatoms. The molecule has 0 radical (unpaired) electrons. The van der Waals surface area contributed by atoms with Gasteiger partial charge in [-0.25, -0.2) is 14.4 Å². The van der Waals surface area contributed by atoms with Gasteiger partial charge < -0.3 is 12.4 Å². The molecule has 3 amide bonds. The molecule has 0 spiro atoms. The minimum absolute atomic E-state index is 0. The van der Waals surface area contributed by atoms with E-state index >= 15 is 0 Å². The fourth-order valence-electron chi connectivity index (χ4n) is 2.67. The summed E-state index contributed by atoms with van der Waals surface area (Å²) >= 11 is 0. The lowest BCUT2D eigenvalue weighted by Crippen LogP contribution is -3.00. The van der Waals surface area contributed by atoms with Gasteiger partial charge in [0.15, 0.2) is 0 Å². The van der Waals surface area contributed by atoms with Crippen molar-refractivity contribution in [2.75, 3.05) is 7.05 Å². The first-order valence-electron chi connectivity index (χ1n) is 9.41. The quantitative estimate of drug-likeness (QED) is 0.393. The molecule has 0 aliphatic heterocycles. The van der Waals surface area contributed by atoms with E-state index in [4.69, 9.17) is 0 Å². The third-order valence-corrected chi connectivity index (χ3v) is 4.48. The lowest BCUT2D eigenvalue weighted by Gasteiger charge is -2.26. The van der Waals surface area contributed by atoms with E-state index in [1.54, 1.807) is 0 Å². The summed E-state index contributed by atoms with van der Waals surface area (Å²) in [4.78, 5) is 37.9. The molecule has 0 saturated heterocycles. The molecule has 0 heterocycles. The third-order valence-electron chi connectivity index (χ3n) is 4.48. The normalized spacial score (nSPS) is 11.0. The van der Waals surface area contributed by atoms with Gasteiger partial charge in [-0.2, -0.15) is 0 Å². The van der Waals surface area contributed by atoms with Crippen LogP contribution in [0.1, 0.15) is 97.8 Å². The molecule has 0 unspecified atom stereocenters. The van der Waals surface area contributed by atoms with E-state index in [9.17, 15) is 14.4 Å². The van der Waals surface area contributed by atoms with Crippen LogP contribution in [0.25, 0.3) is 0 Å². The smallest absolute Gasteiger partial charge is 0.328 e. The van der Waals surface area contributed by atoms with Gasteiger partial charge in [0.25, 0.3) is 0 Å².